The third-order valence-electron chi connectivity index (χ3n) is 6.54. The van der Waals surface area contributed by atoms with Crippen molar-refractivity contribution in [2.75, 3.05) is 85.9 Å². The minimum Gasteiger partial charge on any atom is -0.496 e. The zero-order chi connectivity index (χ0) is 24.7. The first-order valence-corrected chi connectivity index (χ1v) is 12.0. The van der Waals surface area contributed by atoms with Crippen molar-refractivity contribution in [1.82, 2.24) is 25.3 Å². The van der Waals surface area contributed by atoms with E-state index in [0.717, 1.165) is 45.7 Å². The van der Waals surface area contributed by atoms with Crippen LogP contribution in [0.15, 0.2) is 12.1 Å². The molecule has 0 aromatic heterocycles. The van der Waals surface area contributed by atoms with E-state index in [4.69, 9.17) is 26.8 Å². The van der Waals surface area contributed by atoms with Crippen molar-refractivity contribution in [2.45, 2.75) is 18.6 Å². The van der Waals surface area contributed by atoms with Crippen molar-refractivity contribution in [3.8, 4) is 5.75 Å². The average molecular weight is 497 g/mol. The largest absolute Gasteiger partial charge is 0.496 e. The molecule has 1 aromatic carbocycles. The van der Waals surface area contributed by atoms with Gasteiger partial charge in [0.05, 0.1) is 42.1 Å². The van der Waals surface area contributed by atoms with Gasteiger partial charge in [-0.15, -0.1) is 0 Å². The van der Waals surface area contributed by atoms with Crippen LogP contribution in [-0.4, -0.2) is 119 Å². The number of likely N-dealkylation sites (tertiary alicyclic amines) is 1. The molecule has 34 heavy (non-hydrogen) atoms. The number of carbonyl (C=O) groups excluding carboxylic acids is 2. The van der Waals surface area contributed by atoms with Crippen LogP contribution >= 0.6 is 11.6 Å². The highest BCUT2D eigenvalue weighted by molar-refractivity contribution is 6.33. The first-order chi connectivity index (χ1) is 16.3. The number of rotatable bonds is 9. The standard InChI is InChI=1S/C23H37ClN6O4/c1-28-8-10-30(11-9-28)15-22(31)26-5-7-29-6-4-19(21(14-29)34-3)27-23(32)16-12-17(24)18(25)13-20(16)33-2/h12-13,19,21H,4-11,14-15,25H2,1-3H3,(H,26,31)(H,27,32)/t19-,21+/m0/s1. The predicted molar refractivity (Wildman–Crippen MR) is 132 cm³/mol. The fourth-order valence-electron chi connectivity index (χ4n) is 4.37. The Morgan fingerprint density at radius 1 is 1.15 bits per heavy atom. The molecule has 1 aromatic rings. The minimum absolute atomic E-state index is 0.0612. The number of amides is 2. The molecule has 2 heterocycles. The molecule has 4 N–H and O–H groups in total. The lowest BCUT2D eigenvalue weighted by Gasteiger charge is -2.38. The Balaban J connectivity index is 1.44. The average Bonchev–Trinajstić information content (AvgIpc) is 2.82. The molecule has 0 aliphatic carbocycles. The van der Waals surface area contributed by atoms with Gasteiger partial charge in [-0.25, -0.2) is 0 Å². The molecular formula is C23H37ClN6O4. The topological polar surface area (TPSA) is 112 Å². The van der Waals surface area contributed by atoms with Gasteiger partial charge < -0.3 is 30.7 Å². The van der Waals surface area contributed by atoms with Crippen molar-refractivity contribution in [3.63, 3.8) is 0 Å². The summed E-state index contributed by atoms with van der Waals surface area (Å²) in [5.41, 5.74) is 6.51. The monoisotopic (exact) mass is 496 g/mol. The predicted octanol–water partition coefficient (Wildman–Crippen LogP) is 0.114. The van der Waals surface area contributed by atoms with E-state index < -0.39 is 0 Å². The van der Waals surface area contributed by atoms with Gasteiger partial charge in [-0.3, -0.25) is 19.4 Å². The normalized spacial score (nSPS) is 22.4. The number of methoxy groups -OCH3 is 2. The molecule has 0 bridgehead atoms. The summed E-state index contributed by atoms with van der Waals surface area (Å²) in [7, 11) is 5.23. The van der Waals surface area contributed by atoms with Gasteiger partial charge in [-0.05, 0) is 19.5 Å². The number of ether oxygens (including phenoxy) is 2. The van der Waals surface area contributed by atoms with Crippen LogP contribution < -0.4 is 21.1 Å². The van der Waals surface area contributed by atoms with Gasteiger partial charge in [-0.2, -0.15) is 0 Å². The molecule has 0 spiro atoms. The van der Waals surface area contributed by atoms with Crippen molar-refractivity contribution >= 4 is 29.1 Å². The maximum absolute atomic E-state index is 12.9. The van der Waals surface area contributed by atoms with Crippen molar-refractivity contribution in [3.05, 3.63) is 22.7 Å². The second-order valence-corrected chi connectivity index (χ2v) is 9.35. The molecule has 2 amide bonds. The second-order valence-electron chi connectivity index (χ2n) is 8.95. The van der Waals surface area contributed by atoms with E-state index in [9.17, 15) is 9.59 Å². The van der Waals surface area contributed by atoms with Gasteiger partial charge >= 0.3 is 0 Å². The van der Waals surface area contributed by atoms with Crippen LogP contribution in [0.5, 0.6) is 5.75 Å². The van der Waals surface area contributed by atoms with Gasteiger partial charge in [0.15, 0.2) is 0 Å². The first-order valence-electron chi connectivity index (χ1n) is 11.7. The highest BCUT2D eigenvalue weighted by Crippen LogP contribution is 2.29. The molecule has 11 heteroatoms. The number of halogens is 1. The summed E-state index contributed by atoms with van der Waals surface area (Å²) in [6.45, 7) is 7.05. The molecule has 2 atom stereocenters. The van der Waals surface area contributed by atoms with E-state index >= 15 is 0 Å². The Bertz CT molecular complexity index is 849. The molecular weight excluding hydrogens is 460 g/mol. The highest BCUT2D eigenvalue weighted by atomic mass is 35.5. The first kappa shape index (κ1) is 26.5. The minimum atomic E-state index is -0.282. The van der Waals surface area contributed by atoms with Gasteiger partial charge in [0.2, 0.25) is 5.91 Å². The summed E-state index contributed by atoms with van der Waals surface area (Å²) >= 11 is 6.11. The lowest BCUT2D eigenvalue weighted by atomic mass is 10.0. The number of hydrogen-bond acceptors (Lipinski definition) is 8. The van der Waals surface area contributed by atoms with Crippen LogP contribution in [0.1, 0.15) is 16.8 Å². The van der Waals surface area contributed by atoms with Crippen LogP contribution in [0, 0.1) is 0 Å². The number of nitrogens with zero attached hydrogens (tertiary/aromatic N) is 3. The maximum atomic E-state index is 12.9. The zero-order valence-corrected chi connectivity index (χ0v) is 21.1. The summed E-state index contributed by atoms with van der Waals surface area (Å²) in [6.07, 6.45) is 0.554. The summed E-state index contributed by atoms with van der Waals surface area (Å²) in [6, 6.07) is 2.92. The Morgan fingerprint density at radius 2 is 1.88 bits per heavy atom. The SMILES string of the molecule is COc1cc(N)c(Cl)cc1C(=O)N[C@H]1CCN(CCNC(=O)CN2CCN(C)CC2)C[C@H]1OC. The third kappa shape index (κ3) is 7.19. The van der Waals surface area contributed by atoms with E-state index in [1.165, 1.54) is 13.2 Å². The lowest BCUT2D eigenvalue weighted by molar-refractivity contribution is -0.122. The van der Waals surface area contributed by atoms with Crippen LogP contribution in [0.4, 0.5) is 5.69 Å². The molecule has 2 saturated heterocycles. The summed E-state index contributed by atoms with van der Waals surface area (Å²) in [5, 5.41) is 6.38. The van der Waals surface area contributed by atoms with E-state index in [1.807, 2.05) is 0 Å². The van der Waals surface area contributed by atoms with Crippen molar-refractivity contribution in [1.29, 1.82) is 0 Å². The fourth-order valence-corrected chi connectivity index (χ4v) is 4.53. The number of anilines is 1. The molecule has 3 rings (SSSR count). The zero-order valence-electron chi connectivity index (χ0n) is 20.3. The number of piperidine rings is 1. The van der Waals surface area contributed by atoms with Gasteiger partial charge in [0.1, 0.15) is 5.75 Å². The number of piperazine rings is 1. The Kier molecular flexibility index (Phi) is 9.78. The third-order valence-corrected chi connectivity index (χ3v) is 6.87. The van der Waals surface area contributed by atoms with E-state index in [1.54, 1.807) is 13.2 Å². The van der Waals surface area contributed by atoms with E-state index in [-0.39, 0.29) is 24.0 Å². The van der Waals surface area contributed by atoms with Gasteiger partial charge in [0.25, 0.3) is 5.91 Å². The van der Waals surface area contributed by atoms with Crippen LogP contribution in [0.25, 0.3) is 0 Å². The van der Waals surface area contributed by atoms with Crippen molar-refractivity contribution in [2.24, 2.45) is 0 Å². The summed E-state index contributed by atoms with van der Waals surface area (Å²) in [4.78, 5) is 31.9. The number of benzene rings is 1. The molecule has 0 saturated carbocycles. The Morgan fingerprint density at radius 3 is 2.56 bits per heavy atom. The quantitative estimate of drug-likeness (QED) is 0.413. The number of carbonyl (C=O) groups is 2. The van der Waals surface area contributed by atoms with E-state index in [2.05, 4.69) is 32.4 Å². The van der Waals surface area contributed by atoms with Crippen LogP contribution in [0.2, 0.25) is 5.02 Å². The molecule has 2 fully saturated rings. The summed E-state index contributed by atoms with van der Waals surface area (Å²) < 4.78 is 11.0. The highest BCUT2D eigenvalue weighted by Gasteiger charge is 2.31. The Labute approximate surface area is 206 Å². The molecule has 0 radical (unpaired) electrons. The number of nitrogen functional groups attached to an aromatic ring is 1. The van der Waals surface area contributed by atoms with Gasteiger partial charge in [0, 0.05) is 65.5 Å². The summed E-state index contributed by atoms with van der Waals surface area (Å²) in [5.74, 6) is 0.152. The number of nitrogens with one attached hydrogen (secondary N) is 2. The maximum Gasteiger partial charge on any atom is 0.255 e. The second kappa shape index (κ2) is 12.6. The van der Waals surface area contributed by atoms with E-state index in [0.29, 0.717) is 41.7 Å². The van der Waals surface area contributed by atoms with Crippen LogP contribution in [-0.2, 0) is 9.53 Å². The number of hydrogen-bond donors (Lipinski definition) is 3. The fraction of sp³-hybridized carbons (Fsp3) is 0.652. The number of nitrogens with two attached hydrogens (primary N) is 1. The molecule has 2 aliphatic heterocycles. The lowest BCUT2D eigenvalue weighted by Crippen LogP contribution is -2.55. The number of likely N-dealkylation sites (N-methyl/N-ethyl adjacent to an activating group) is 1. The molecule has 10 nitrogen and oxygen atoms in total. The van der Waals surface area contributed by atoms with Crippen molar-refractivity contribution < 1.29 is 19.1 Å². The molecule has 2 aliphatic rings. The smallest absolute Gasteiger partial charge is 0.255 e. The molecule has 0 unspecified atom stereocenters. The van der Waals surface area contributed by atoms with Gasteiger partial charge in [-0.1, -0.05) is 11.6 Å². The Hall–Kier alpha value is -2.11. The van der Waals surface area contributed by atoms with Crippen LogP contribution in [0.3, 0.4) is 0 Å². The molecule has 190 valence electrons.